The summed E-state index contributed by atoms with van der Waals surface area (Å²) in [6.45, 7) is 0.809. The van der Waals surface area contributed by atoms with Gasteiger partial charge in [-0.3, -0.25) is 0 Å². The van der Waals surface area contributed by atoms with E-state index in [0.717, 1.165) is 24.8 Å². The SMILES string of the molecule is O=C(NCC12CCC(CC1O)C2)OCc1ccccc1. The minimum absolute atomic E-state index is 0.101. The zero-order valence-corrected chi connectivity index (χ0v) is 11.5. The van der Waals surface area contributed by atoms with Gasteiger partial charge in [0.15, 0.2) is 0 Å². The zero-order valence-electron chi connectivity index (χ0n) is 11.5. The number of rotatable bonds is 4. The van der Waals surface area contributed by atoms with Crippen LogP contribution in [0.2, 0.25) is 0 Å². The van der Waals surface area contributed by atoms with Crippen LogP contribution in [0.4, 0.5) is 4.79 Å². The van der Waals surface area contributed by atoms with Gasteiger partial charge in [-0.15, -0.1) is 0 Å². The van der Waals surface area contributed by atoms with E-state index in [9.17, 15) is 9.90 Å². The van der Waals surface area contributed by atoms with Crippen molar-refractivity contribution in [1.82, 2.24) is 5.32 Å². The molecular formula is C16H21NO3. The minimum Gasteiger partial charge on any atom is -0.445 e. The molecule has 0 radical (unpaired) electrons. The second-order valence-corrected chi connectivity index (χ2v) is 6.14. The van der Waals surface area contributed by atoms with Crippen molar-refractivity contribution in [3.8, 4) is 0 Å². The molecule has 3 rings (SSSR count). The molecule has 4 nitrogen and oxygen atoms in total. The number of nitrogens with one attached hydrogen (secondary N) is 1. The summed E-state index contributed by atoms with van der Waals surface area (Å²) in [5.74, 6) is 0.645. The molecule has 2 saturated carbocycles. The van der Waals surface area contributed by atoms with E-state index in [1.54, 1.807) is 0 Å². The van der Waals surface area contributed by atoms with Crippen molar-refractivity contribution >= 4 is 6.09 Å². The number of ether oxygens (including phenoxy) is 1. The molecule has 2 aliphatic carbocycles. The van der Waals surface area contributed by atoms with Crippen LogP contribution in [-0.2, 0) is 11.3 Å². The van der Waals surface area contributed by atoms with Crippen LogP contribution < -0.4 is 5.32 Å². The quantitative estimate of drug-likeness (QED) is 0.887. The third-order valence-corrected chi connectivity index (χ3v) is 4.81. The van der Waals surface area contributed by atoms with E-state index in [2.05, 4.69) is 5.32 Å². The van der Waals surface area contributed by atoms with Gasteiger partial charge < -0.3 is 15.2 Å². The van der Waals surface area contributed by atoms with Gasteiger partial charge in [-0.25, -0.2) is 4.79 Å². The Hall–Kier alpha value is -1.55. The first-order valence-corrected chi connectivity index (χ1v) is 7.31. The van der Waals surface area contributed by atoms with Crippen molar-refractivity contribution in [2.75, 3.05) is 6.54 Å². The lowest BCUT2D eigenvalue weighted by molar-refractivity contribution is 0.0390. The van der Waals surface area contributed by atoms with E-state index in [-0.39, 0.29) is 18.1 Å². The standard InChI is InChI=1S/C16H21NO3/c18-14-8-13-6-7-16(14,9-13)11-17-15(19)20-10-12-4-2-1-3-5-12/h1-5,13-14,18H,6-11H2,(H,17,19). The summed E-state index contributed by atoms with van der Waals surface area (Å²) < 4.78 is 5.19. The number of carbonyl (C=O) groups excluding carboxylic acids is 1. The zero-order chi connectivity index (χ0) is 14.0. The Morgan fingerprint density at radius 1 is 1.40 bits per heavy atom. The topological polar surface area (TPSA) is 58.6 Å². The summed E-state index contributed by atoms with van der Waals surface area (Å²) in [6.07, 6.45) is 3.45. The van der Waals surface area contributed by atoms with Gasteiger partial charge in [0.2, 0.25) is 0 Å². The lowest BCUT2D eigenvalue weighted by Gasteiger charge is -2.31. The molecule has 0 spiro atoms. The second kappa shape index (κ2) is 5.44. The molecule has 1 amide bonds. The number of carbonyl (C=O) groups is 1. The fraction of sp³-hybridized carbons (Fsp3) is 0.562. The third-order valence-electron chi connectivity index (χ3n) is 4.81. The lowest BCUT2D eigenvalue weighted by atomic mass is 9.82. The van der Waals surface area contributed by atoms with Crippen LogP contribution >= 0.6 is 0 Å². The molecular weight excluding hydrogens is 254 g/mol. The number of alkyl carbamates (subject to hydrolysis) is 1. The van der Waals surface area contributed by atoms with Crippen molar-refractivity contribution in [3.05, 3.63) is 35.9 Å². The minimum atomic E-state index is -0.397. The molecule has 2 aliphatic rings. The molecule has 3 unspecified atom stereocenters. The number of hydrogen-bond acceptors (Lipinski definition) is 3. The van der Waals surface area contributed by atoms with Crippen molar-refractivity contribution in [1.29, 1.82) is 0 Å². The number of aliphatic hydroxyl groups is 1. The monoisotopic (exact) mass is 275 g/mol. The van der Waals surface area contributed by atoms with Gasteiger partial charge in [0.05, 0.1) is 6.10 Å². The van der Waals surface area contributed by atoms with Crippen LogP contribution in [0, 0.1) is 11.3 Å². The smallest absolute Gasteiger partial charge is 0.407 e. The van der Waals surface area contributed by atoms with Crippen molar-refractivity contribution in [2.24, 2.45) is 11.3 Å². The highest BCUT2D eigenvalue weighted by Crippen LogP contribution is 2.53. The van der Waals surface area contributed by atoms with E-state index in [1.807, 2.05) is 30.3 Å². The molecule has 3 atom stereocenters. The fourth-order valence-corrected chi connectivity index (χ4v) is 3.64. The lowest BCUT2D eigenvalue weighted by Crippen LogP contribution is -2.42. The van der Waals surface area contributed by atoms with E-state index >= 15 is 0 Å². The first-order valence-electron chi connectivity index (χ1n) is 7.31. The normalized spacial score (nSPS) is 31.2. The van der Waals surface area contributed by atoms with E-state index in [4.69, 9.17) is 4.74 Å². The second-order valence-electron chi connectivity index (χ2n) is 6.14. The van der Waals surface area contributed by atoms with E-state index in [1.165, 1.54) is 6.42 Å². The van der Waals surface area contributed by atoms with Crippen LogP contribution in [0.3, 0.4) is 0 Å². The molecule has 2 N–H and O–H groups in total. The maximum absolute atomic E-state index is 11.7. The van der Waals surface area contributed by atoms with Crippen LogP contribution in [0.25, 0.3) is 0 Å². The van der Waals surface area contributed by atoms with E-state index in [0.29, 0.717) is 12.5 Å². The molecule has 1 aromatic rings. The Morgan fingerprint density at radius 2 is 2.20 bits per heavy atom. The summed E-state index contributed by atoms with van der Waals surface area (Å²) in [4.78, 5) is 11.7. The Kier molecular flexibility index (Phi) is 3.66. The Labute approximate surface area is 119 Å². The molecule has 4 heteroatoms. The summed E-state index contributed by atoms with van der Waals surface area (Å²) in [7, 11) is 0. The molecule has 0 saturated heterocycles. The third kappa shape index (κ3) is 2.66. The fourth-order valence-electron chi connectivity index (χ4n) is 3.64. The van der Waals surface area contributed by atoms with Gasteiger partial charge in [0.25, 0.3) is 0 Å². The predicted octanol–water partition coefficient (Wildman–Crippen LogP) is 2.46. The highest BCUT2D eigenvalue weighted by Gasteiger charge is 2.51. The van der Waals surface area contributed by atoms with Crippen LogP contribution in [0.1, 0.15) is 31.2 Å². The summed E-state index contributed by atoms with van der Waals surface area (Å²) in [5, 5.41) is 12.9. The van der Waals surface area contributed by atoms with Gasteiger partial charge >= 0.3 is 6.09 Å². The maximum atomic E-state index is 11.7. The molecule has 108 valence electrons. The average Bonchev–Trinajstić information content (AvgIpc) is 3.01. The number of aliphatic hydroxyl groups excluding tert-OH is 1. The molecule has 1 aromatic carbocycles. The molecule has 0 aliphatic heterocycles. The Bertz CT molecular complexity index is 476. The van der Waals surface area contributed by atoms with E-state index < -0.39 is 6.09 Å². The first-order chi connectivity index (χ1) is 9.68. The summed E-state index contributed by atoms with van der Waals surface area (Å²) in [5.41, 5.74) is 0.874. The number of fused-ring (bicyclic) bond motifs is 2. The summed E-state index contributed by atoms with van der Waals surface area (Å²) >= 11 is 0. The average molecular weight is 275 g/mol. The van der Waals surface area contributed by atoms with Crippen LogP contribution in [-0.4, -0.2) is 23.8 Å². The predicted molar refractivity (Wildman–Crippen MR) is 75.0 cm³/mol. The van der Waals surface area contributed by atoms with Crippen LogP contribution in [0.5, 0.6) is 0 Å². The summed E-state index contributed by atoms with van der Waals surface area (Å²) in [6, 6.07) is 9.62. The molecule has 0 aromatic heterocycles. The highest BCUT2D eigenvalue weighted by molar-refractivity contribution is 5.67. The van der Waals surface area contributed by atoms with Gasteiger partial charge in [0, 0.05) is 12.0 Å². The number of amides is 1. The van der Waals surface area contributed by atoms with Crippen LogP contribution in [0.15, 0.2) is 30.3 Å². The molecule has 0 heterocycles. The highest BCUT2D eigenvalue weighted by atomic mass is 16.5. The van der Waals surface area contributed by atoms with Gasteiger partial charge in [0.1, 0.15) is 6.61 Å². The van der Waals surface area contributed by atoms with Gasteiger partial charge in [-0.1, -0.05) is 30.3 Å². The maximum Gasteiger partial charge on any atom is 0.407 e. The molecule has 2 bridgehead atoms. The van der Waals surface area contributed by atoms with Gasteiger partial charge in [-0.05, 0) is 37.2 Å². The Balaban J connectivity index is 1.46. The number of benzene rings is 1. The molecule has 2 fully saturated rings. The van der Waals surface area contributed by atoms with Crippen molar-refractivity contribution < 1.29 is 14.6 Å². The first kappa shape index (κ1) is 13.4. The van der Waals surface area contributed by atoms with Crippen molar-refractivity contribution in [3.63, 3.8) is 0 Å². The van der Waals surface area contributed by atoms with Crippen molar-refractivity contribution in [2.45, 2.75) is 38.4 Å². The largest absolute Gasteiger partial charge is 0.445 e. The number of hydrogen-bond donors (Lipinski definition) is 2. The Morgan fingerprint density at radius 3 is 2.85 bits per heavy atom. The molecule has 20 heavy (non-hydrogen) atoms. The van der Waals surface area contributed by atoms with Gasteiger partial charge in [-0.2, -0.15) is 0 Å².